The van der Waals surface area contributed by atoms with E-state index in [1.54, 1.807) is 26.0 Å². The molecule has 1 amide bonds. The number of ether oxygens (including phenoxy) is 1. The van der Waals surface area contributed by atoms with Crippen LogP contribution in [0.5, 0.6) is 5.75 Å². The molecule has 0 fully saturated rings. The maximum absolute atomic E-state index is 12.4. The average molecular weight is 408 g/mol. The van der Waals surface area contributed by atoms with E-state index in [0.29, 0.717) is 22.9 Å². The summed E-state index contributed by atoms with van der Waals surface area (Å²) in [6.45, 7) is 3.25. The monoisotopic (exact) mass is 407 g/mol. The SMILES string of the molecule is CC(=O)Cc1ccc(OC(C)C(=O)Nc2ccc(-c3ccc(Cl)cc3)cc2)cc1. The molecule has 0 saturated carbocycles. The topological polar surface area (TPSA) is 55.4 Å². The summed E-state index contributed by atoms with van der Waals surface area (Å²) in [6, 6.07) is 22.4. The number of carbonyl (C=O) groups is 2. The zero-order valence-electron chi connectivity index (χ0n) is 16.3. The molecule has 0 aliphatic heterocycles. The highest BCUT2D eigenvalue weighted by Gasteiger charge is 2.15. The predicted molar refractivity (Wildman–Crippen MR) is 116 cm³/mol. The van der Waals surface area contributed by atoms with Crippen LogP contribution in [0.3, 0.4) is 0 Å². The van der Waals surface area contributed by atoms with E-state index < -0.39 is 6.10 Å². The van der Waals surface area contributed by atoms with Crippen LogP contribution in [0, 0.1) is 0 Å². The summed E-state index contributed by atoms with van der Waals surface area (Å²) < 4.78 is 5.70. The molecule has 29 heavy (non-hydrogen) atoms. The fourth-order valence-electron chi connectivity index (χ4n) is 2.86. The van der Waals surface area contributed by atoms with Crippen LogP contribution in [0.15, 0.2) is 72.8 Å². The van der Waals surface area contributed by atoms with E-state index >= 15 is 0 Å². The van der Waals surface area contributed by atoms with Gasteiger partial charge in [-0.15, -0.1) is 0 Å². The van der Waals surface area contributed by atoms with E-state index in [1.807, 2.05) is 60.7 Å². The maximum Gasteiger partial charge on any atom is 0.265 e. The first kappa shape index (κ1) is 20.6. The Balaban J connectivity index is 1.57. The normalized spacial score (nSPS) is 11.6. The van der Waals surface area contributed by atoms with E-state index in [1.165, 1.54) is 0 Å². The number of ketones is 1. The Morgan fingerprint density at radius 3 is 2.00 bits per heavy atom. The lowest BCUT2D eigenvalue weighted by Gasteiger charge is -2.15. The van der Waals surface area contributed by atoms with Gasteiger partial charge >= 0.3 is 0 Å². The minimum absolute atomic E-state index is 0.105. The molecule has 1 unspecified atom stereocenters. The second-order valence-corrected chi connectivity index (χ2v) is 7.29. The Labute approximate surface area is 175 Å². The number of benzene rings is 3. The van der Waals surface area contributed by atoms with Crippen LogP contribution in [0.2, 0.25) is 5.02 Å². The fraction of sp³-hybridized carbons (Fsp3) is 0.167. The van der Waals surface area contributed by atoms with Gasteiger partial charge in [0.15, 0.2) is 6.10 Å². The van der Waals surface area contributed by atoms with Gasteiger partial charge in [-0.25, -0.2) is 0 Å². The lowest BCUT2D eigenvalue weighted by atomic mass is 10.1. The molecule has 0 aliphatic carbocycles. The third-order valence-corrected chi connectivity index (χ3v) is 4.64. The number of nitrogens with one attached hydrogen (secondary N) is 1. The van der Waals surface area contributed by atoms with Gasteiger partial charge < -0.3 is 10.1 Å². The van der Waals surface area contributed by atoms with E-state index in [0.717, 1.165) is 16.7 Å². The van der Waals surface area contributed by atoms with E-state index in [4.69, 9.17) is 16.3 Å². The molecule has 3 aromatic carbocycles. The summed E-state index contributed by atoms with van der Waals surface area (Å²) in [7, 11) is 0. The predicted octanol–water partition coefficient (Wildman–Crippen LogP) is 5.54. The number of anilines is 1. The van der Waals surface area contributed by atoms with Crippen molar-refractivity contribution < 1.29 is 14.3 Å². The van der Waals surface area contributed by atoms with Crippen LogP contribution in [0.4, 0.5) is 5.69 Å². The van der Waals surface area contributed by atoms with Gasteiger partial charge in [0.25, 0.3) is 5.91 Å². The highest BCUT2D eigenvalue weighted by molar-refractivity contribution is 6.30. The molecule has 0 aromatic heterocycles. The number of hydrogen-bond donors (Lipinski definition) is 1. The van der Waals surface area contributed by atoms with Crippen molar-refractivity contribution in [1.82, 2.24) is 0 Å². The number of Topliss-reactive ketones (excluding diaryl/α,β-unsaturated/α-hetero) is 1. The quantitative estimate of drug-likeness (QED) is 0.559. The van der Waals surface area contributed by atoms with Crippen molar-refractivity contribution in [1.29, 1.82) is 0 Å². The Bertz CT molecular complexity index is 980. The molecule has 1 N–H and O–H groups in total. The van der Waals surface area contributed by atoms with Crippen molar-refractivity contribution in [3.05, 3.63) is 83.4 Å². The van der Waals surface area contributed by atoms with Crippen molar-refractivity contribution in [3.8, 4) is 16.9 Å². The Kier molecular flexibility index (Phi) is 6.68. The lowest BCUT2D eigenvalue weighted by Crippen LogP contribution is -2.30. The van der Waals surface area contributed by atoms with Gasteiger partial charge in [0, 0.05) is 17.1 Å². The Morgan fingerprint density at radius 1 is 0.897 bits per heavy atom. The third kappa shape index (κ3) is 5.93. The van der Waals surface area contributed by atoms with Crippen molar-refractivity contribution in [2.24, 2.45) is 0 Å². The smallest absolute Gasteiger partial charge is 0.265 e. The Morgan fingerprint density at radius 2 is 1.45 bits per heavy atom. The molecule has 148 valence electrons. The van der Waals surface area contributed by atoms with E-state index in [-0.39, 0.29) is 11.7 Å². The van der Waals surface area contributed by atoms with Crippen LogP contribution < -0.4 is 10.1 Å². The zero-order chi connectivity index (χ0) is 20.8. The molecular weight excluding hydrogens is 386 g/mol. The molecule has 0 radical (unpaired) electrons. The molecular formula is C24H22ClNO3. The summed E-state index contributed by atoms with van der Waals surface area (Å²) in [5.41, 5.74) is 3.70. The van der Waals surface area contributed by atoms with Crippen LogP contribution in [0.25, 0.3) is 11.1 Å². The molecule has 4 nitrogen and oxygen atoms in total. The van der Waals surface area contributed by atoms with Crippen LogP contribution in [0.1, 0.15) is 19.4 Å². The van der Waals surface area contributed by atoms with Crippen molar-refractivity contribution >= 4 is 29.0 Å². The summed E-state index contributed by atoms with van der Waals surface area (Å²) in [6.07, 6.45) is -0.271. The van der Waals surface area contributed by atoms with E-state index in [2.05, 4.69) is 5.32 Å². The highest BCUT2D eigenvalue weighted by Crippen LogP contribution is 2.23. The first-order chi connectivity index (χ1) is 13.9. The number of rotatable bonds is 7. The molecule has 1 atom stereocenters. The summed E-state index contributed by atoms with van der Waals surface area (Å²) in [5.74, 6) is 0.448. The molecule has 0 saturated heterocycles. The molecule has 0 bridgehead atoms. The second-order valence-electron chi connectivity index (χ2n) is 6.86. The molecule has 0 spiro atoms. The third-order valence-electron chi connectivity index (χ3n) is 4.39. The molecule has 0 aliphatic rings. The zero-order valence-corrected chi connectivity index (χ0v) is 17.1. The van der Waals surface area contributed by atoms with Gasteiger partial charge in [-0.3, -0.25) is 9.59 Å². The lowest BCUT2D eigenvalue weighted by molar-refractivity contribution is -0.122. The second kappa shape index (κ2) is 9.39. The Hall–Kier alpha value is -3.11. The first-order valence-electron chi connectivity index (χ1n) is 9.32. The van der Waals surface area contributed by atoms with Gasteiger partial charge in [-0.05, 0) is 66.9 Å². The fourth-order valence-corrected chi connectivity index (χ4v) is 2.99. The van der Waals surface area contributed by atoms with Crippen LogP contribution in [-0.4, -0.2) is 17.8 Å². The van der Waals surface area contributed by atoms with Gasteiger partial charge in [0.2, 0.25) is 0 Å². The summed E-state index contributed by atoms with van der Waals surface area (Å²) in [4.78, 5) is 23.6. The molecule has 3 aromatic rings. The molecule has 5 heteroatoms. The van der Waals surface area contributed by atoms with Crippen molar-refractivity contribution in [3.63, 3.8) is 0 Å². The number of halogens is 1. The minimum Gasteiger partial charge on any atom is -0.481 e. The van der Waals surface area contributed by atoms with Crippen LogP contribution >= 0.6 is 11.6 Å². The largest absolute Gasteiger partial charge is 0.481 e. The average Bonchev–Trinajstić information content (AvgIpc) is 2.70. The van der Waals surface area contributed by atoms with Gasteiger partial charge in [-0.2, -0.15) is 0 Å². The van der Waals surface area contributed by atoms with Crippen LogP contribution in [-0.2, 0) is 16.0 Å². The van der Waals surface area contributed by atoms with Gasteiger partial charge in [-0.1, -0.05) is 48.0 Å². The number of hydrogen-bond acceptors (Lipinski definition) is 3. The standard InChI is InChI=1S/C24H22ClNO3/c1-16(27)15-18-3-13-23(14-4-18)29-17(2)24(28)26-22-11-7-20(8-12-22)19-5-9-21(25)10-6-19/h3-14,17H,15H2,1-2H3,(H,26,28). The highest BCUT2D eigenvalue weighted by atomic mass is 35.5. The maximum atomic E-state index is 12.4. The first-order valence-corrected chi connectivity index (χ1v) is 9.70. The molecule has 3 rings (SSSR count). The van der Waals surface area contributed by atoms with Gasteiger partial charge in [0.1, 0.15) is 11.5 Å². The summed E-state index contributed by atoms with van der Waals surface area (Å²) >= 11 is 5.92. The van der Waals surface area contributed by atoms with E-state index in [9.17, 15) is 9.59 Å². The number of carbonyl (C=O) groups excluding carboxylic acids is 2. The van der Waals surface area contributed by atoms with Crippen molar-refractivity contribution in [2.75, 3.05) is 5.32 Å². The summed E-state index contributed by atoms with van der Waals surface area (Å²) in [5, 5.41) is 3.55. The minimum atomic E-state index is -0.662. The molecule has 0 heterocycles. The van der Waals surface area contributed by atoms with Crippen molar-refractivity contribution in [2.45, 2.75) is 26.4 Å². The van der Waals surface area contributed by atoms with Gasteiger partial charge in [0.05, 0.1) is 0 Å². The number of amides is 1.